The van der Waals surface area contributed by atoms with Crippen molar-refractivity contribution in [2.24, 2.45) is 0 Å². The van der Waals surface area contributed by atoms with Crippen molar-refractivity contribution in [3.8, 4) is 0 Å². The number of hydrogen-bond acceptors (Lipinski definition) is 4. The van der Waals surface area contributed by atoms with Crippen LogP contribution in [-0.2, 0) is 22.4 Å². The zero-order valence-electron chi connectivity index (χ0n) is 16.5. The third kappa shape index (κ3) is 4.51. The maximum absolute atomic E-state index is 13.1. The fourth-order valence-corrected chi connectivity index (χ4v) is 3.41. The molecule has 0 saturated heterocycles. The Kier molecular flexibility index (Phi) is 6.66. The second-order valence-electron chi connectivity index (χ2n) is 6.72. The molecule has 2 amide bonds. The van der Waals surface area contributed by atoms with Gasteiger partial charge < -0.3 is 10.1 Å². The molecule has 2 aromatic carbocycles. The predicted molar refractivity (Wildman–Crippen MR) is 111 cm³/mol. The Bertz CT molecular complexity index is 851. The van der Waals surface area contributed by atoms with Gasteiger partial charge in [0.1, 0.15) is 0 Å². The van der Waals surface area contributed by atoms with E-state index >= 15 is 0 Å². The van der Waals surface area contributed by atoms with Crippen LogP contribution >= 0.6 is 0 Å². The van der Waals surface area contributed by atoms with Crippen molar-refractivity contribution in [1.82, 2.24) is 5.32 Å². The van der Waals surface area contributed by atoms with E-state index in [1.807, 2.05) is 36.4 Å². The van der Waals surface area contributed by atoms with Crippen molar-refractivity contribution < 1.29 is 14.3 Å². The van der Waals surface area contributed by atoms with Gasteiger partial charge in [0.15, 0.2) is 0 Å². The van der Waals surface area contributed by atoms with Gasteiger partial charge in [-0.05, 0) is 62.1 Å². The minimum absolute atomic E-state index is 0.0164. The summed E-state index contributed by atoms with van der Waals surface area (Å²) in [5.74, 6) is -0.0164. The minimum Gasteiger partial charge on any atom is -0.450 e. The van der Waals surface area contributed by atoms with E-state index in [1.165, 1.54) is 0 Å². The molecule has 1 aliphatic rings. The van der Waals surface area contributed by atoms with Gasteiger partial charge in [0.2, 0.25) is 5.91 Å². The van der Waals surface area contributed by atoms with Gasteiger partial charge in [-0.1, -0.05) is 31.2 Å². The summed E-state index contributed by atoms with van der Waals surface area (Å²) in [6, 6.07) is 13.7. The number of rotatable bonds is 6. The summed E-state index contributed by atoms with van der Waals surface area (Å²) >= 11 is 0. The van der Waals surface area contributed by atoms with E-state index in [2.05, 4.69) is 23.6 Å². The Labute approximate surface area is 165 Å². The third-order valence-corrected chi connectivity index (χ3v) is 4.70. The van der Waals surface area contributed by atoms with Crippen LogP contribution in [0, 0.1) is 0 Å². The molecule has 0 aliphatic carbocycles. The largest absolute Gasteiger partial charge is 0.450 e. The molecule has 0 atom stereocenters. The molecule has 0 radical (unpaired) electrons. The van der Waals surface area contributed by atoms with E-state index in [-0.39, 0.29) is 12.5 Å². The van der Waals surface area contributed by atoms with Crippen LogP contribution in [0.25, 0.3) is 0 Å². The fraction of sp³-hybridized carbons (Fsp3) is 0.364. The number of carbonyl (C=O) groups is 2. The summed E-state index contributed by atoms with van der Waals surface area (Å²) in [5, 5.41) is 5.93. The molecule has 0 unspecified atom stereocenters. The monoisotopic (exact) mass is 381 g/mol. The molecular weight excluding hydrogens is 354 g/mol. The second kappa shape index (κ2) is 9.37. The van der Waals surface area contributed by atoms with Crippen molar-refractivity contribution in [1.29, 1.82) is 0 Å². The zero-order chi connectivity index (χ0) is 19.9. The first-order valence-electron chi connectivity index (χ1n) is 9.82. The quantitative estimate of drug-likeness (QED) is 0.742. The molecule has 6 nitrogen and oxygen atoms in total. The van der Waals surface area contributed by atoms with Crippen LogP contribution in [0.4, 0.5) is 21.9 Å². The van der Waals surface area contributed by atoms with Gasteiger partial charge in [0.05, 0.1) is 24.5 Å². The molecule has 1 heterocycles. The number of hydrogen-bond donors (Lipinski definition) is 2. The number of ether oxygens (including phenoxy) is 1. The highest BCUT2D eigenvalue weighted by Gasteiger charge is 2.26. The summed E-state index contributed by atoms with van der Waals surface area (Å²) < 4.78 is 4.97. The Hall–Kier alpha value is -2.86. The van der Waals surface area contributed by atoms with Crippen molar-refractivity contribution >= 4 is 29.1 Å². The van der Waals surface area contributed by atoms with Crippen molar-refractivity contribution in [3.63, 3.8) is 0 Å². The van der Waals surface area contributed by atoms with Gasteiger partial charge >= 0.3 is 6.09 Å². The predicted octanol–water partition coefficient (Wildman–Crippen LogP) is 4.02. The second-order valence-corrected chi connectivity index (χ2v) is 6.72. The molecule has 28 heavy (non-hydrogen) atoms. The number of para-hydroxylation sites is 1. The summed E-state index contributed by atoms with van der Waals surface area (Å²) in [4.78, 5) is 26.7. The van der Waals surface area contributed by atoms with Gasteiger partial charge in [0, 0.05) is 5.69 Å². The number of carbonyl (C=O) groups excluding carboxylic acids is 2. The maximum Gasteiger partial charge on any atom is 0.411 e. The number of anilines is 3. The highest BCUT2D eigenvalue weighted by Crippen LogP contribution is 2.37. The Morgan fingerprint density at radius 1 is 1.04 bits per heavy atom. The Balaban J connectivity index is 1.98. The summed E-state index contributed by atoms with van der Waals surface area (Å²) in [5.41, 5.74) is 4.54. The Morgan fingerprint density at radius 2 is 1.79 bits per heavy atom. The molecule has 2 aromatic rings. The van der Waals surface area contributed by atoms with Gasteiger partial charge in [0.25, 0.3) is 0 Å². The molecule has 0 saturated carbocycles. The molecular formula is C22H27N3O3. The first-order chi connectivity index (χ1) is 13.6. The average molecular weight is 381 g/mol. The van der Waals surface area contributed by atoms with Gasteiger partial charge in [-0.15, -0.1) is 0 Å². The lowest BCUT2D eigenvalue weighted by Gasteiger charge is -2.26. The molecule has 2 N–H and O–H groups in total. The maximum atomic E-state index is 13.1. The molecule has 0 fully saturated rings. The molecule has 0 spiro atoms. The van der Waals surface area contributed by atoms with Crippen LogP contribution in [-0.4, -0.2) is 31.7 Å². The van der Waals surface area contributed by atoms with Crippen LogP contribution in [0.2, 0.25) is 0 Å². The lowest BCUT2D eigenvalue weighted by Crippen LogP contribution is -2.36. The molecule has 3 rings (SSSR count). The Morgan fingerprint density at radius 3 is 2.54 bits per heavy atom. The van der Waals surface area contributed by atoms with Crippen LogP contribution in [0.3, 0.4) is 0 Å². The van der Waals surface area contributed by atoms with Crippen LogP contribution < -0.4 is 15.5 Å². The van der Waals surface area contributed by atoms with Gasteiger partial charge in [-0.2, -0.15) is 0 Å². The SMILES string of the molecule is CCCNCC(=O)N1c2ccccc2CCc2ccc(NC(=O)OCC)cc21. The average Bonchev–Trinajstić information content (AvgIpc) is 2.85. The first-order valence-corrected chi connectivity index (χ1v) is 9.82. The topological polar surface area (TPSA) is 70.7 Å². The van der Waals surface area contributed by atoms with Crippen LogP contribution in [0.1, 0.15) is 31.4 Å². The number of fused-ring (bicyclic) bond motifs is 2. The number of nitrogens with zero attached hydrogens (tertiary/aromatic N) is 1. The molecule has 0 bridgehead atoms. The van der Waals surface area contributed by atoms with Crippen molar-refractivity contribution in [2.75, 3.05) is 29.9 Å². The molecule has 1 aliphatic heterocycles. The van der Waals surface area contributed by atoms with E-state index in [1.54, 1.807) is 11.8 Å². The van der Waals surface area contributed by atoms with Gasteiger partial charge in [-0.25, -0.2) is 4.79 Å². The molecule has 148 valence electrons. The number of aryl methyl sites for hydroxylation is 2. The third-order valence-electron chi connectivity index (χ3n) is 4.70. The standard InChI is InChI=1S/C22H27N3O3/c1-3-13-23-15-21(26)25-19-8-6-5-7-16(19)9-10-17-11-12-18(14-20(17)25)24-22(27)28-4-2/h5-8,11-12,14,23H,3-4,9-10,13,15H2,1-2H3,(H,24,27). The number of nitrogens with one attached hydrogen (secondary N) is 2. The van der Waals surface area contributed by atoms with E-state index in [0.29, 0.717) is 12.3 Å². The number of benzene rings is 2. The summed E-state index contributed by atoms with van der Waals surface area (Å²) in [6.07, 6.45) is 2.16. The smallest absolute Gasteiger partial charge is 0.411 e. The minimum atomic E-state index is -0.501. The van der Waals surface area contributed by atoms with Gasteiger partial charge in [-0.3, -0.25) is 15.0 Å². The zero-order valence-corrected chi connectivity index (χ0v) is 16.5. The molecule has 6 heteroatoms. The van der Waals surface area contributed by atoms with Crippen molar-refractivity contribution in [3.05, 3.63) is 53.6 Å². The van der Waals surface area contributed by atoms with E-state index < -0.39 is 6.09 Å². The van der Waals surface area contributed by atoms with E-state index in [9.17, 15) is 9.59 Å². The van der Waals surface area contributed by atoms with Crippen molar-refractivity contribution in [2.45, 2.75) is 33.1 Å². The van der Waals surface area contributed by atoms with E-state index in [0.717, 1.165) is 48.3 Å². The highest BCUT2D eigenvalue weighted by atomic mass is 16.5. The summed E-state index contributed by atoms with van der Waals surface area (Å²) in [6.45, 7) is 5.19. The summed E-state index contributed by atoms with van der Waals surface area (Å²) in [7, 11) is 0. The molecule has 0 aromatic heterocycles. The highest BCUT2D eigenvalue weighted by molar-refractivity contribution is 6.04. The first kappa shape index (κ1) is 19.9. The normalized spacial score (nSPS) is 12.6. The fourth-order valence-electron chi connectivity index (χ4n) is 3.41. The van der Waals surface area contributed by atoms with E-state index in [4.69, 9.17) is 4.74 Å². The lowest BCUT2D eigenvalue weighted by atomic mass is 10.0. The lowest BCUT2D eigenvalue weighted by molar-refractivity contribution is -0.117. The van der Waals surface area contributed by atoms with Crippen LogP contribution in [0.15, 0.2) is 42.5 Å². The van der Waals surface area contributed by atoms with Crippen LogP contribution in [0.5, 0.6) is 0 Å². The number of amides is 2.